The zero-order valence-corrected chi connectivity index (χ0v) is 12.6. The fraction of sp³-hybridized carbons (Fsp3) is 0.538. The number of pyridine rings is 1. The molecule has 0 spiro atoms. The van der Waals surface area contributed by atoms with Crippen molar-refractivity contribution in [3.63, 3.8) is 0 Å². The van der Waals surface area contributed by atoms with Crippen LogP contribution >= 0.6 is 24.8 Å². The Morgan fingerprint density at radius 1 is 1.47 bits per heavy atom. The van der Waals surface area contributed by atoms with Crippen molar-refractivity contribution in [2.24, 2.45) is 0 Å². The van der Waals surface area contributed by atoms with E-state index >= 15 is 0 Å². The molecule has 1 aliphatic rings. The molecular formula is C13H21Cl2N3O. The van der Waals surface area contributed by atoms with Crippen LogP contribution in [0.15, 0.2) is 24.5 Å². The molecule has 0 aromatic carbocycles. The fourth-order valence-electron chi connectivity index (χ4n) is 2.13. The van der Waals surface area contributed by atoms with Gasteiger partial charge in [0.2, 0.25) is 5.91 Å². The normalized spacial score (nSPS) is 21.7. The van der Waals surface area contributed by atoms with Gasteiger partial charge in [-0.15, -0.1) is 24.8 Å². The highest BCUT2D eigenvalue weighted by atomic mass is 35.5. The number of carbonyl (C=O) groups is 1. The van der Waals surface area contributed by atoms with Gasteiger partial charge in [-0.3, -0.25) is 9.78 Å². The summed E-state index contributed by atoms with van der Waals surface area (Å²) in [7, 11) is 0. The largest absolute Gasteiger partial charge is 0.350 e. The molecule has 2 heterocycles. The highest BCUT2D eigenvalue weighted by Crippen LogP contribution is 2.18. The van der Waals surface area contributed by atoms with E-state index in [4.69, 9.17) is 0 Å². The quantitative estimate of drug-likeness (QED) is 0.899. The smallest absolute Gasteiger partial charge is 0.240 e. The van der Waals surface area contributed by atoms with Crippen molar-refractivity contribution in [3.05, 3.63) is 30.1 Å². The van der Waals surface area contributed by atoms with Crippen LogP contribution in [-0.2, 0) is 11.3 Å². The first-order chi connectivity index (χ1) is 8.21. The zero-order valence-electron chi connectivity index (χ0n) is 11.0. The third-order valence-electron chi connectivity index (χ3n) is 3.30. The highest BCUT2D eigenvalue weighted by Gasteiger charge is 2.33. The van der Waals surface area contributed by atoms with Gasteiger partial charge in [0.05, 0.1) is 5.54 Å². The first kappa shape index (κ1) is 18.2. The molecule has 2 rings (SSSR count). The maximum atomic E-state index is 12.1. The van der Waals surface area contributed by atoms with Crippen LogP contribution in [0.1, 0.15) is 31.7 Å². The molecule has 0 aliphatic carbocycles. The second kappa shape index (κ2) is 8.35. The maximum Gasteiger partial charge on any atom is 0.240 e. The molecule has 1 saturated heterocycles. The van der Waals surface area contributed by atoms with E-state index in [1.807, 2.05) is 19.1 Å². The van der Waals surface area contributed by atoms with Crippen molar-refractivity contribution in [2.75, 3.05) is 6.54 Å². The van der Waals surface area contributed by atoms with E-state index in [0.717, 1.165) is 31.4 Å². The molecule has 1 aromatic heterocycles. The topological polar surface area (TPSA) is 54.0 Å². The summed E-state index contributed by atoms with van der Waals surface area (Å²) in [5.74, 6) is 0.0843. The average molecular weight is 306 g/mol. The second-order valence-corrected chi connectivity index (χ2v) is 4.76. The molecule has 1 atom stereocenters. The van der Waals surface area contributed by atoms with Gasteiger partial charge in [0.15, 0.2) is 0 Å². The lowest BCUT2D eigenvalue weighted by Gasteiger charge is -2.33. The van der Waals surface area contributed by atoms with E-state index in [1.165, 1.54) is 0 Å². The lowest BCUT2D eigenvalue weighted by Crippen LogP contribution is -2.56. The lowest BCUT2D eigenvalue weighted by atomic mass is 9.90. The number of nitrogens with zero attached hydrogens (tertiary/aromatic N) is 1. The predicted molar refractivity (Wildman–Crippen MR) is 80.8 cm³/mol. The van der Waals surface area contributed by atoms with Crippen LogP contribution in [0.25, 0.3) is 0 Å². The molecule has 108 valence electrons. The molecule has 1 amide bonds. The van der Waals surface area contributed by atoms with Gasteiger partial charge < -0.3 is 10.6 Å². The molecular weight excluding hydrogens is 285 g/mol. The molecule has 19 heavy (non-hydrogen) atoms. The molecule has 1 aliphatic heterocycles. The lowest BCUT2D eigenvalue weighted by molar-refractivity contribution is -0.128. The zero-order chi connectivity index (χ0) is 12.1. The van der Waals surface area contributed by atoms with Crippen LogP contribution in [0.5, 0.6) is 0 Å². The van der Waals surface area contributed by atoms with Gasteiger partial charge >= 0.3 is 0 Å². The third kappa shape index (κ3) is 4.97. The van der Waals surface area contributed by atoms with E-state index in [2.05, 4.69) is 15.6 Å². The summed E-state index contributed by atoms with van der Waals surface area (Å²) in [6.07, 6.45) is 6.69. The van der Waals surface area contributed by atoms with Gasteiger partial charge in [0, 0.05) is 18.9 Å². The number of amides is 1. The van der Waals surface area contributed by atoms with Crippen LogP contribution in [-0.4, -0.2) is 23.0 Å². The summed E-state index contributed by atoms with van der Waals surface area (Å²) in [6.45, 7) is 3.45. The minimum absolute atomic E-state index is 0. The molecule has 1 unspecified atom stereocenters. The summed E-state index contributed by atoms with van der Waals surface area (Å²) >= 11 is 0. The first-order valence-electron chi connectivity index (χ1n) is 6.13. The average Bonchev–Trinajstić information content (AvgIpc) is 2.38. The highest BCUT2D eigenvalue weighted by molar-refractivity contribution is 5.86. The van der Waals surface area contributed by atoms with E-state index in [-0.39, 0.29) is 30.7 Å². The van der Waals surface area contributed by atoms with E-state index in [1.54, 1.807) is 12.4 Å². The van der Waals surface area contributed by atoms with E-state index < -0.39 is 5.54 Å². The Bertz CT molecular complexity index is 381. The van der Waals surface area contributed by atoms with Crippen molar-refractivity contribution >= 4 is 30.7 Å². The van der Waals surface area contributed by atoms with Crippen molar-refractivity contribution in [1.82, 2.24) is 15.6 Å². The van der Waals surface area contributed by atoms with Gasteiger partial charge in [-0.05, 0) is 44.4 Å². The Morgan fingerprint density at radius 2 is 2.26 bits per heavy atom. The van der Waals surface area contributed by atoms with Gasteiger partial charge in [0.25, 0.3) is 0 Å². The molecule has 6 heteroatoms. The van der Waals surface area contributed by atoms with E-state index in [0.29, 0.717) is 6.54 Å². The Kier molecular flexibility index (Phi) is 7.99. The number of hydrogen-bond acceptors (Lipinski definition) is 3. The molecule has 0 radical (unpaired) electrons. The summed E-state index contributed by atoms with van der Waals surface area (Å²) in [4.78, 5) is 16.1. The Morgan fingerprint density at radius 3 is 2.84 bits per heavy atom. The standard InChI is InChI=1S/C13H19N3O.2ClH/c1-13(6-2-3-8-16-13)12(17)15-10-11-5-4-7-14-9-11;;/h4-5,7,9,16H,2-3,6,8,10H2,1H3,(H,15,17);2*1H. The molecule has 0 bridgehead atoms. The maximum absolute atomic E-state index is 12.1. The molecule has 2 N–H and O–H groups in total. The Balaban J connectivity index is 0.00000162. The number of halogens is 2. The van der Waals surface area contributed by atoms with Crippen molar-refractivity contribution < 1.29 is 4.79 Å². The second-order valence-electron chi connectivity index (χ2n) is 4.76. The number of carbonyl (C=O) groups excluding carboxylic acids is 1. The Labute approximate surface area is 126 Å². The Hall–Kier alpha value is -0.840. The predicted octanol–water partition coefficient (Wildman–Crippen LogP) is 2.07. The monoisotopic (exact) mass is 305 g/mol. The summed E-state index contributed by atoms with van der Waals surface area (Å²) in [6, 6.07) is 3.84. The van der Waals surface area contributed by atoms with Crippen molar-refractivity contribution in [1.29, 1.82) is 0 Å². The molecule has 1 fully saturated rings. The molecule has 1 aromatic rings. The van der Waals surface area contributed by atoms with Gasteiger partial charge in [0.1, 0.15) is 0 Å². The van der Waals surface area contributed by atoms with Crippen LogP contribution < -0.4 is 10.6 Å². The van der Waals surface area contributed by atoms with Crippen LogP contribution in [0.3, 0.4) is 0 Å². The van der Waals surface area contributed by atoms with Gasteiger partial charge in [-0.25, -0.2) is 0 Å². The number of hydrogen-bond donors (Lipinski definition) is 2. The number of aromatic nitrogens is 1. The third-order valence-corrected chi connectivity index (χ3v) is 3.30. The van der Waals surface area contributed by atoms with Crippen molar-refractivity contribution in [3.8, 4) is 0 Å². The van der Waals surface area contributed by atoms with Crippen LogP contribution in [0.2, 0.25) is 0 Å². The molecule has 4 nitrogen and oxygen atoms in total. The number of rotatable bonds is 3. The number of piperidine rings is 1. The van der Waals surface area contributed by atoms with Crippen LogP contribution in [0, 0.1) is 0 Å². The first-order valence-corrected chi connectivity index (χ1v) is 6.13. The fourth-order valence-corrected chi connectivity index (χ4v) is 2.13. The van der Waals surface area contributed by atoms with Crippen molar-refractivity contribution in [2.45, 2.75) is 38.3 Å². The summed E-state index contributed by atoms with van der Waals surface area (Å²) < 4.78 is 0. The summed E-state index contributed by atoms with van der Waals surface area (Å²) in [5, 5.41) is 6.27. The van der Waals surface area contributed by atoms with E-state index in [9.17, 15) is 4.79 Å². The number of nitrogens with one attached hydrogen (secondary N) is 2. The van der Waals surface area contributed by atoms with Gasteiger partial charge in [-0.2, -0.15) is 0 Å². The SMILES string of the molecule is CC1(C(=O)NCc2cccnc2)CCCCN1.Cl.Cl. The minimum atomic E-state index is -0.402. The minimum Gasteiger partial charge on any atom is -0.350 e. The summed E-state index contributed by atoms with van der Waals surface area (Å²) in [5.41, 5.74) is 0.626. The molecule has 0 saturated carbocycles. The van der Waals surface area contributed by atoms with Crippen LogP contribution in [0.4, 0.5) is 0 Å². The van der Waals surface area contributed by atoms with Gasteiger partial charge in [-0.1, -0.05) is 6.07 Å².